The number of amidine groups is 1. The molecule has 2 atom stereocenters. The maximum absolute atomic E-state index is 13.0. The van der Waals surface area contributed by atoms with E-state index < -0.39 is 18.2 Å². The number of nitrogens with zero attached hydrogens (tertiary/aromatic N) is 4. The zero-order valence-corrected chi connectivity index (χ0v) is 20.5. The van der Waals surface area contributed by atoms with Gasteiger partial charge in [0.1, 0.15) is 5.84 Å². The van der Waals surface area contributed by atoms with Crippen molar-refractivity contribution >= 4 is 17.8 Å². The van der Waals surface area contributed by atoms with Gasteiger partial charge in [-0.1, -0.05) is 91.0 Å². The van der Waals surface area contributed by atoms with Crippen LogP contribution in [0.15, 0.2) is 96.0 Å². The first-order valence-electron chi connectivity index (χ1n) is 12.3. The molecule has 1 N–H and O–H groups in total. The molecule has 7 heteroatoms. The van der Waals surface area contributed by atoms with E-state index in [9.17, 15) is 9.59 Å². The Bertz CT molecular complexity index is 1170. The summed E-state index contributed by atoms with van der Waals surface area (Å²) in [5.74, 6) is 0.553. The van der Waals surface area contributed by atoms with Gasteiger partial charge in [-0.3, -0.25) is 15.0 Å². The summed E-state index contributed by atoms with van der Waals surface area (Å²) in [5.41, 5.74) is 3.63. The summed E-state index contributed by atoms with van der Waals surface area (Å²) in [7, 11) is 1.70. The van der Waals surface area contributed by atoms with E-state index in [0.29, 0.717) is 13.1 Å². The number of carbonyl (C=O) groups is 2. The zero-order chi connectivity index (χ0) is 24.9. The Morgan fingerprint density at radius 3 is 1.86 bits per heavy atom. The van der Waals surface area contributed by atoms with E-state index in [2.05, 4.69) is 75.8 Å². The summed E-state index contributed by atoms with van der Waals surface area (Å²) in [6.45, 7) is 2.71. The van der Waals surface area contributed by atoms with Crippen molar-refractivity contribution in [1.82, 2.24) is 20.0 Å². The predicted octanol–water partition coefficient (Wildman–Crippen LogP) is 3.52. The van der Waals surface area contributed by atoms with Gasteiger partial charge in [0.25, 0.3) is 5.91 Å². The van der Waals surface area contributed by atoms with Crippen molar-refractivity contribution < 1.29 is 9.59 Å². The number of benzene rings is 3. The molecule has 0 bridgehead atoms. The molecule has 2 heterocycles. The van der Waals surface area contributed by atoms with E-state index in [4.69, 9.17) is 4.99 Å². The molecular weight excluding hydrogens is 450 g/mol. The Balaban J connectivity index is 1.42. The summed E-state index contributed by atoms with van der Waals surface area (Å²) in [6.07, 6.45) is 0.262. The Hall–Kier alpha value is -3.97. The number of fused-ring (bicyclic) bond motifs is 1. The molecule has 2 aliphatic rings. The fourth-order valence-electron chi connectivity index (χ4n) is 4.93. The Morgan fingerprint density at radius 2 is 1.31 bits per heavy atom. The lowest BCUT2D eigenvalue weighted by Crippen LogP contribution is -2.64. The number of rotatable bonds is 9. The number of amides is 3. The molecule has 0 saturated carbocycles. The van der Waals surface area contributed by atoms with Crippen LogP contribution in [0, 0.1) is 0 Å². The number of urea groups is 1. The highest BCUT2D eigenvalue weighted by atomic mass is 16.2. The summed E-state index contributed by atoms with van der Waals surface area (Å²) in [5, 5.41) is 2.50. The van der Waals surface area contributed by atoms with Crippen LogP contribution in [0.1, 0.15) is 16.7 Å². The van der Waals surface area contributed by atoms with Crippen LogP contribution >= 0.6 is 0 Å². The molecule has 2 aliphatic heterocycles. The minimum absolute atomic E-state index is 0.285. The quantitative estimate of drug-likeness (QED) is 0.508. The lowest BCUT2D eigenvalue weighted by Gasteiger charge is -2.37. The van der Waals surface area contributed by atoms with E-state index in [1.54, 1.807) is 7.05 Å². The fraction of sp³-hybridized carbons (Fsp3) is 0.276. The first-order chi connectivity index (χ1) is 17.6. The van der Waals surface area contributed by atoms with Gasteiger partial charge < -0.3 is 9.80 Å². The molecule has 3 aromatic rings. The van der Waals surface area contributed by atoms with E-state index in [1.165, 1.54) is 21.6 Å². The molecule has 5 rings (SSSR count). The molecule has 3 aromatic carbocycles. The highest BCUT2D eigenvalue weighted by Crippen LogP contribution is 2.25. The number of hydrogen-bond acceptors (Lipinski definition) is 5. The molecule has 0 radical (unpaired) electrons. The largest absolute Gasteiger partial charge is 0.343 e. The van der Waals surface area contributed by atoms with E-state index in [0.717, 1.165) is 25.3 Å². The maximum atomic E-state index is 13.0. The molecule has 7 nitrogen and oxygen atoms in total. The van der Waals surface area contributed by atoms with Crippen LogP contribution in [0.5, 0.6) is 0 Å². The van der Waals surface area contributed by atoms with Gasteiger partial charge in [-0.2, -0.15) is 0 Å². The van der Waals surface area contributed by atoms with Crippen molar-refractivity contribution in [3.8, 4) is 0 Å². The number of imide groups is 1. The van der Waals surface area contributed by atoms with Gasteiger partial charge in [-0.15, -0.1) is 0 Å². The van der Waals surface area contributed by atoms with Gasteiger partial charge in [-0.25, -0.2) is 9.79 Å². The van der Waals surface area contributed by atoms with Crippen LogP contribution in [0.4, 0.5) is 4.79 Å². The molecule has 36 heavy (non-hydrogen) atoms. The number of hydrogen-bond donors (Lipinski definition) is 1. The molecule has 2 unspecified atom stereocenters. The summed E-state index contributed by atoms with van der Waals surface area (Å²) in [4.78, 5) is 36.2. The monoisotopic (exact) mass is 481 g/mol. The van der Waals surface area contributed by atoms with Gasteiger partial charge in [0.2, 0.25) is 0 Å². The molecule has 3 amide bonds. The minimum Gasteiger partial charge on any atom is -0.343 e. The van der Waals surface area contributed by atoms with Crippen LogP contribution in [0.25, 0.3) is 0 Å². The lowest BCUT2D eigenvalue weighted by atomic mass is 10.1. The van der Waals surface area contributed by atoms with Gasteiger partial charge in [0.05, 0.1) is 6.54 Å². The maximum Gasteiger partial charge on any atom is 0.325 e. The van der Waals surface area contributed by atoms with Crippen molar-refractivity contribution in [2.75, 3.05) is 20.1 Å². The van der Waals surface area contributed by atoms with Crippen molar-refractivity contribution in [2.45, 2.75) is 31.7 Å². The number of nitrogens with one attached hydrogen (secondary N) is 1. The third kappa shape index (κ3) is 5.31. The van der Waals surface area contributed by atoms with Crippen molar-refractivity contribution in [3.63, 3.8) is 0 Å². The second-order valence-corrected chi connectivity index (χ2v) is 9.35. The van der Waals surface area contributed by atoms with Gasteiger partial charge in [0.15, 0.2) is 12.2 Å². The van der Waals surface area contributed by atoms with Crippen molar-refractivity contribution in [3.05, 3.63) is 108 Å². The van der Waals surface area contributed by atoms with Crippen molar-refractivity contribution in [2.24, 2.45) is 4.99 Å². The molecule has 1 saturated heterocycles. The topological polar surface area (TPSA) is 68.2 Å². The van der Waals surface area contributed by atoms with Gasteiger partial charge >= 0.3 is 6.03 Å². The first kappa shape index (κ1) is 23.8. The van der Waals surface area contributed by atoms with Crippen molar-refractivity contribution in [1.29, 1.82) is 0 Å². The molecule has 0 aromatic heterocycles. The van der Waals surface area contributed by atoms with Crippen LogP contribution in [-0.4, -0.2) is 64.8 Å². The highest BCUT2D eigenvalue weighted by Gasteiger charge is 2.48. The Labute approximate surface area is 212 Å². The molecule has 0 spiro atoms. The standard InChI is InChI=1S/C29H31N5O2/c1-32-27-26(28(35)31-29(32)36)34(18-17-22-11-5-2-6-12-22)25(30-27)21-33(19-23-13-7-3-8-14-23)20-24-15-9-4-10-16-24/h2-16,26-27H,17-21H2,1H3,(H,31,35,36). The van der Waals surface area contributed by atoms with E-state index >= 15 is 0 Å². The minimum atomic E-state index is -0.526. The number of aliphatic imine (C=N–C) groups is 1. The SMILES string of the molecule is CN1C(=O)NC(=O)C2C1N=C(CN(Cc1ccccc1)Cc1ccccc1)N2CCc1ccccc1. The molecule has 0 aliphatic carbocycles. The lowest BCUT2D eigenvalue weighted by molar-refractivity contribution is -0.127. The molecule has 1 fully saturated rings. The second kappa shape index (κ2) is 10.7. The molecule has 184 valence electrons. The van der Waals surface area contributed by atoms with Crippen LogP contribution < -0.4 is 5.32 Å². The summed E-state index contributed by atoms with van der Waals surface area (Å²) in [6, 6.07) is 30.1. The number of carbonyl (C=O) groups excluding carboxylic acids is 2. The third-order valence-electron chi connectivity index (χ3n) is 6.79. The zero-order valence-electron chi connectivity index (χ0n) is 20.5. The molecular formula is C29H31N5O2. The fourth-order valence-corrected chi connectivity index (χ4v) is 4.93. The Kier molecular flexibility index (Phi) is 7.09. The van der Waals surface area contributed by atoms with Gasteiger partial charge in [0, 0.05) is 26.7 Å². The second-order valence-electron chi connectivity index (χ2n) is 9.35. The van der Waals surface area contributed by atoms with Crippen LogP contribution in [-0.2, 0) is 24.3 Å². The first-order valence-corrected chi connectivity index (χ1v) is 12.3. The average Bonchev–Trinajstić information content (AvgIpc) is 3.26. The summed E-state index contributed by atoms with van der Waals surface area (Å²) >= 11 is 0. The highest BCUT2D eigenvalue weighted by molar-refractivity contribution is 6.04. The van der Waals surface area contributed by atoms with E-state index in [1.807, 2.05) is 30.3 Å². The predicted molar refractivity (Wildman–Crippen MR) is 140 cm³/mol. The van der Waals surface area contributed by atoms with Crippen LogP contribution in [0.2, 0.25) is 0 Å². The third-order valence-corrected chi connectivity index (χ3v) is 6.79. The number of likely N-dealkylation sites (N-methyl/N-ethyl adjacent to an activating group) is 1. The smallest absolute Gasteiger partial charge is 0.325 e. The summed E-state index contributed by atoms with van der Waals surface area (Å²) < 4.78 is 0. The Morgan fingerprint density at radius 1 is 0.778 bits per heavy atom. The van der Waals surface area contributed by atoms with E-state index in [-0.39, 0.29) is 5.91 Å². The normalized spacial score (nSPS) is 19.3. The van der Waals surface area contributed by atoms with Gasteiger partial charge in [-0.05, 0) is 23.1 Å². The average molecular weight is 482 g/mol. The van der Waals surface area contributed by atoms with Crippen LogP contribution in [0.3, 0.4) is 0 Å².